The molecule has 1 amide bonds. The van der Waals surface area contributed by atoms with Crippen molar-refractivity contribution in [1.29, 1.82) is 0 Å². The monoisotopic (exact) mass is 324 g/mol. The second-order valence-corrected chi connectivity index (χ2v) is 5.45. The maximum absolute atomic E-state index is 11.9. The zero-order valence-corrected chi connectivity index (χ0v) is 12.8. The lowest BCUT2D eigenvalue weighted by Gasteiger charge is -2.11. The predicted molar refractivity (Wildman–Crippen MR) is 83.6 cm³/mol. The minimum Gasteiger partial charge on any atom is -0.388 e. The normalized spacial score (nSPS) is 12.0. The van der Waals surface area contributed by atoms with Gasteiger partial charge in [-0.2, -0.15) is 0 Å². The number of nitrogens with zero attached hydrogens (tertiary/aromatic N) is 1. The number of aromatic nitrogens is 1. The van der Waals surface area contributed by atoms with Gasteiger partial charge < -0.3 is 10.4 Å². The summed E-state index contributed by atoms with van der Waals surface area (Å²) in [5, 5.41) is 13.7. The van der Waals surface area contributed by atoms with E-state index in [9.17, 15) is 9.90 Å². The molecule has 21 heavy (non-hydrogen) atoms. The molecule has 1 aromatic carbocycles. The second kappa shape index (κ2) is 6.89. The zero-order valence-electron chi connectivity index (χ0n) is 11.3. The number of halogens is 2. The number of amides is 1. The maximum atomic E-state index is 11.9. The molecule has 0 aliphatic heterocycles. The van der Waals surface area contributed by atoms with Gasteiger partial charge in [-0.25, -0.2) is 4.98 Å². The molecule has 2 aromatic rings. The Labute approximate surface area is 132 Å². The first-order valence-corrected chi connectivity index (χ1v) is 7.07. The van der Waals surface area contributed by atoms with Crippen LogP contribution in [-0.4, -0.2) is 16.0 Å². The van der Waals surface area contributed by atoms with Gasteiger partial charge >= 0.3 is 0 Å². The number of nitrogens with one attached hydrogen (secondary N) is 1. The van der Waals surface area contributed by atoms with Crippen LogP contribution in [0.5, 0.6) is 0 Å². The van der Waals surface area contributed by atoms with Crippen LogP contribution in [0.3, 0.4) is 0 Å². The Morgan fingerprint density at radius 3 is 2.62 bits per heavy atom. The van der Waals surface area contributed by atoms with Crippen LogP contribution in [0, 0.1) is 6.92 Å². The number of carbonyl (C=O) groups is 1. The van der Waals surface area contributed by atoms with Gasteiger partial charge in [0.15, 0.2) is 0 Å². The van der Waals surface area contributed by atoms with Gasteiger partial charge in [0.2, 0.25) is 5.91 Å². The van der Waals surface area contributed by atoms with Crippen LogP contribution in [0.25, 0.3) is 0 Å². The van der Waals surface area contributed by atoms with Gasteiger partial charge in [0.25, 0.3) is 0 Å². The summed E-state index contributed by atoms with van der Waals surface area (Å²) in [6.45, 7) is 1.80. The molecule has 0 spiro atoms. The molecule has 6 heteroatoms. The first-order chi connectivity index (χ1) is 9.95. The van der Waals surface area contributed by atoms with Gasteiger partial charge in [-0.1, -0.05) is 35.3 Å². The summed E-state index contributed by atoms with van der Waals surface area (Å²) in [5.74, 6) is -0.305. The minimum absolute atomic E-state index is 0.0523. The van der Waals surface area contributed by atoms with Crippen LogP contribution in [-0.2, 0) is 4.79 Å². The van der Waals surface area contributed by atoms with Crippen molar-refractivity contribution in [2.75, 3.05) is 5.32 Å². The standard InChI is InChI=1S/C15H14Cl2N2O2/c1-9-6-12(8-18-15(9)17)19-14(21)7-13(20)10-2-4-11(16)5-3-10/h2-6,8,13,20H,7H2,1H3,(H,19,21). The number of pyridine rings is 1. The SMILES string of the molecule is Cc1cc(NC(=O)CC(O)c2ccc(Cl)cc2)cnc1Cl. The zero-order chi connectivity index (χ0) is 15.4. The number of rotatable bonds is 4. The molecule has 1 heterocycles. The molecule has 0 saturated heterocycles. The average molecular weight is 325 g/mol. The van der Waals surface area contributed by atoms with Gasteiger partial charge in [-0.05, 0) is 36.2 Å². The van der Waals surface area contributed by atoms with Gasteiger partial charge in [-0.15, -0.1) is 0 Å². The number of hydrogen-bond acceptors (Lipinski definition) is 3. The number of aliphatic hydroxyl groups is 1. The fourth-order valence-corrected chi connectivity index (χ4v) is 2.05. The Morgan fingerprint density at radius 2 is 2.00 bits per heavy atom. The molecule has 2 rings (SSSR count). The summed E-state index contributed by atoms with van der Waals surface area (Å²) in [6, 6.07) is 8.44. The Kier molecular flexibility index (Phi) is 5.17. The molecule has 1 atom stereocenters. The van der Waals surface area contributed by atoms with E-state index in [1.807, 2.05) is 0 Å². The van der Waals surface area contributed by atoms with Crippen molar-refractivity contribution in [3.8, 4) is 0 Å². The molecule has 0 aliphatic carbocycles. The van der Waals surface area contributed by atoms with Crippen LogP contribution in [0.15, 0.2) is 36.5 Å². The highest BCUT2D eigenvalue weighted by Gasteiger charge is 2.13. The molecule has 0 radical (unpaired) electrons. The summed E-state index contributed by atoms with van der Waals surface area (Å²) in [6.07, 6.45) is 0.536. The van der Waals surface area contributed by atoms with E-state index in [-0.39, 0.29) is 12.3 Å². The van der Waals surface area contributed by atoms with E-state index < -0.39 is 6.10 Å². The van der Waals surface area contributed by atoms with Crippen molar-refractivity contribution >= 4 is 34.8 Å². The fraction of sp³-hybridized carbons (Fsp3) is 0.200. The number of aryl methyl sites for hydroxylation is 1. The van der Waals surface area contributed by atoms with E-state index in [4.69, 9.17) is 23.2 Å². The molecule has 2 N–H and O–H groups in total. The summed E-state index contributed by atoms with van der Waals surface area (Å²) >= 11 is 11.6. The second-order valence-electron chi connectivity index (χ2n) is 4.65. The number of aliphatic hydroxyl groups excluding tert-OH is 1. The topological polar surface area (TPSA) is 62.2 Å². The first-order valence-electron chi connectivity index (χ1n) is 6.31. The largest absolute Gasteiger partial charge is 0.388 e. The van der Waals surface area contributed by atoms with Crippen LogP contribution >= 0.6 is 23.2 Å². The maximum Gasteiger partial charge on any atom is 0.227 e. The van der Waals surface area contributed by atoms with Crippen LogP contribution in [0.2, 0.25) is 10.2 Å². The Bertz CT molecular complexity index is 645. The Balaban J connectivity index is 1.97. The van der Waals surface area contributed by atoms with Gasteiger partial charge in [0.05, 0.1) is 24.4 Å². The van der Waals surface area contributed by atoms with Crippen molar-refractivity contribution in [2.24, 2.45) is 0 Å². The molecular formula is C15H14Cl2N2O2. The summed E-state index contributed by atoms with van der Waals surface area (Å²) in [7, 11) is 0. The van der Waals surface area contributed by atoms with Crippen LogP contribution < -0.4 is 5.32 Å². The fourth-order valence-electron chi connectivity index (χ4n) is 1.82. The lowest BCUT2D eigenvalue weighted by Crippen LogP contribution is -2.15. The molecule has 0 aliphatic rings. The van der Waals surface area contributed by atoms with E-state index in [0.717, 1.165) is 5.56 Å². The number of benzene rings is 1. The number of anilines is 1. The van der Waals surface area contributed by atoms with Crippen molar-refractivity contribution in [1.82, 2.24) is 4.98 Å². The van der Waals surface area contributed by atoms with E-state index in [2.05, 4.69) is 10.3 Å². The third-order valence-corrected chi connectivity index (χ3v) is 3.58. The van der Waals surface area contributed by atoms with Crippen molar-refractivity contribution in [3.63, 3.8) is 0 Å². The molecule has 0 bridgehead atoms. The highest BCUT2D eigenvalue weighted by molar-refractivity contribution is 6.30. The van der Waals surface area contributed by atoms with Gasteiger partial charge in [0.1, 0.15) is 5.15 Å². The van der Waals surface area contributed by atoms with Gasteiger partial charge in [0, 0.05) is 5.02 Å². The molecule has 0 fully saturated rings. The molecular weight excluding hydrogens is 311 g/mol. The molecule has 1 unspecified atom stereocenters. The van der Waals surface area contributed by atoms with E-state index in [1.165, 1.54) is 6.20 Å². The Hall–Kier alpha value is -1.62. The first kappa shape index (κ1) is 15.8. The number of carbonyl (C=O) groups excluding carboxylic acids is 1. The molecule has 4 nitrogen and oxygen atoms in total. The predicted octanol–water partition coefficient (Wildman–Crippen LogP) is 3.76. The summed E-state index contributed by atoms with van der Waals surface area (Å²) in [4.78, 5) is 15.9. The highest BCUT2D eigenvalue weighted by Crippen LogP contribution is 2.21. The lowest BCUT2D eigenvalue weighted by atomic mass is 10.1. The summed E-state index contributed by atoms with van der Waals surface area (Å²) in [5.41, 5.74) is 1.96. The van der Waals surface area contributed by atoms with Crippen molar-refractivity contribution < 1.29 is 9.90 Å². The number of hydrogen-bond donors (Lipinski definition) is 2. The highest BCUT2D eigenvalue weighted by atomic mass is 35.5. The molecule has 0 saturated carbocycles. The molecule has 110 valence electrons. The minimum atomic E-state index is -0.886. The van der Waals surface area contributed by atoms with E-state index in [0.29, 0.717) is 21.4 Å². The van der Waals surface area contributed by atoms with Crippen molar-refractivity contribution in [2.45, 2.75) is 19.4 Å². The molecule has 1 aromatic heterocycles. The van der Waals surface area contributed by atoms with Gasteiger partial charge in [-0.3, -0.25) is 4.79 Å². The average Bonchev–Trinajstić information content (AvgIpc) is 2.43. The third-order valence-electron chi connectivity index (χ3n) is 2.93. The van der Waals surface area contributed by atoms with Crippen LogP contribution in [0.1, 0.15) is 23.7 Å². The quantitative estimate of drug-likeness (QED) is 0.842. The summed E-state index contributed by atoms with van der Waals surface area (Å²) < 4.78 is 0. The Morgan fingerprint density at radius 1 is 1.33 bits per heavy atom. The van der Waals surface area contributed by atoms with E-state index in [1.54, 1.807) is 37.3 Å². The van der Waals surface area contributed by atoms with E-state index >= 15 is 0 Å². The third kappa shape index (κ3) is 4.43. The lowest BCUT2D eigenvalue weighted by molar-refractivity contribution is -0.118. The smallest absolute Gasteiger partial charge is 0.227 e. The van der Waals surface area contributed by atoms with Crippen LogP contribution in [0.4, 0.5) is 5.69 Å². The van der Waals surface area contributed by atoms with Crippen molar-refractivity contribution in [3.05, 3.63) is 57.8 Å².